The lowest BCUT2D eigenvalue weighted by Gasteiger charge is -2.23. The maximum atomic E-state index is 14.6. The lowest BCUT2D eigenvalue weighted by molar-refractivity contribution is 0.552. The van der Waals surface area contributed by atoms with E-state index in [0.29, 0.717) is 16.4 Å². The van der Waals surface area contributed by atoms with E-state index in [4.69, 9.17) is 11.6 Å². The third-order valence-corrected chi connectivity index (χ3v) is 4.30. The minimum absolute atomic E-state index is 0.327. The molecule has 128 valence electrons. The van der Waals surface area contributed by atoms with Gasteiger partial charge in [0.25, 0.3) is 0 Å². The number of halogens is 2. The number of hydrogen-bond acceptors (Lipinski definition) is 2. The lowest BCUT2D eigenvalue weighted by atomic mass is 10.1. The summed E-state index contributed by atoms with van der Waals surface area (Å²) in [6.45, 7) is 6.78. The van der Waals surface area contributed by atoms with Gasteiger partial charge in [0.15, 0.2) is 0 Å². The van der Waals surface area contributed by atoms with Gasteiger partial charge in [-0.3, -0.25) is 0 Å². The van der Waals surface area contributed by atoms with Crippen LogP contribution in [0.4, 0.5) is 21.5 Å². The van der Waals surface area contributed by atoms with Crippen LogP contribution < -0.4 is 4.90 Å². The second-order valence-electron chi connectivity index (χ2n) is 5.92. The zero-order chi connectivity index (χ0) is 17.9. The Balaban J connectivity index is 2.40. The van der Waals surface area contributed by atoms with Crippen LogP contribution in [0, 0.1) is 19.7 Å². The van der Waals surface area contributed by atoms with Crippen molar-refractivity contribution in [2.24, 2.45) is 4.99 Å². The SMILES string of the molecule is CCN(C)C=Nc1cc(F)c(N(C)c2cc(C)ccc2Cl)cc1C. The Morgan fingerprint density at radius 1 is 1.12 bits per heavy atom. The van der Waals surface area contributed by atoms with Crippen LogP contribution >= 0.6 is 11.6 Å². The third-order valence-electron chi connectivity index (χ3n) is 3.98. The first-order valence-corrected chi connectivity index (χ1v) is 8.25. The van der Waals surface area contributed by atoms with Gasteiger partial charge in [-0.15, -0.1) is 0 Å². The minimum atomic E-state index is -0.327. The van der Waals surface area contributed by atoms with Crippen LogP contribution in [-0.2, 0) is 0 Å². The maximum absolute atomic E-state index is 14.6. The molecule has 24 heavy (non-hydrogen) atoms. The molecule has 0 aliphatic carbocycles. The molecular weight excluding hydrogens is 325 g/mol. The number of anilines is 2. The molecule has 0 N–H and O–H groups in total. The van der Waals surface area contributed by atoms with Crippen molar-refractivity contribution >= 4 is 35.0 Å². The summed E-state index contributed by atoms with van der Waals surface area (Å²) in [5.74, 6) is -0.327. The van der Waals surface area contributed by atoms with Crippen molar-refractivity contribution in [2.45, 2.75) is 20.8 Å². The van der Waals surface area contributed by atoms with Crippen molar-refractivity contribution in [2.75, 3.05) is 25.5 Å². The first kappa shape index (κ1) is 18.3. The molecule has 2 aromatic rings. The monoisotopic (exact) mass is 347 g/mol. The van der Waals surface area contributed by atoms with Crippen LogP contribution in [0.1, 0.15) is 18.1 Å². The van der Waals surface area contributed by atoms with Gasteiger partial charge in [-0.25, -0.2) is 9.38 Å². The third kappa shape index (κ3) is 4.06. The Bertz CT molecular complexity index is 759. The van der Waals surface area contributed by atoms with Gasteiger partial charge in [0.2, 0.25) is 0 Å². The molecule has 0 saturated carbocycles. The van der Waals surface area contributed by atoms with E-state index in [2.05, 4.69) is 4.99 Å². The zero-order valence-corrected chi connectivity index (χ0v) is 15.5. The molecule has 0 radical (unpaired) electrons. The van der Waals surface area contributed by atoms with Crippen LogP contribution in [0.3, 0.4) is 0 Å². The first-order valence-electron chi connectivity index (χ1n) is 7.88. The van der Waals surface area contributed by atoms with Crippen molar-refractivity contribution in [3.05, 3.63) is 52.3 Å². The molecule has 0 amide bonds. The summed E-state index contributed by atoms with van der Waals surface area (Å²) in [6.07, 6.45) is 1.71. The zero-order valence-electron chi connectivity index (χ0n) is 14.8. The largest absolute Gasteiger partial charge is 0.366 e. The maximum Gasteiger partial charge on any atom is 0.148 e. The van der Waals surface area contributed by atoms with Crippen molar-refractivity contribution in [1.29, 1.82) is 0 Å². The van der Waals surface area contributed by atoms with E-state index in [1.165, 1.54) is 6.07 Å². The van der Waals surface area contributed by atoms with E-state index < -0.39 is 0 Å². The molecule has 0 atom stereocenters. The lowest BCUT2D eigenvalue weighted by Crippen LogP contribution is -2.14. The van der Waals surface area contributed by atoms with Crippen LogP contribution in [-0.4, -0.2) is 31.9 Å². The smallest absolute Gasteiger partial charge is 0.148 e. The number of nitrogens with zero attached hydrogens (tertiary/aromatic N) is 3. The Morgan fingerprint density at radius 2 is 1.83 bits per heavy atom. The van der Waals surface area contributed by atoms with E-state index in [1.807, 2.05) is 58.0 Å². The normalized spacial score (nSPS) is 11.1. The molecule has 0 aliphatic heterocycles. The summed E-state index contributed by atoms with van der Waals surface area (Å²) in [5.41, 5.74) is 3.85. The van der Waals surface area contributed by atoms with Gasteiger partial charge in [-0.05, 0) is 50.1 Å². The van der Waals surface area contributed by atoms with Crippen molar-refractivity contribution < 1.29 is 4.39 Å². The first-order chi connectivity index (χ1) is 11.3. The summed E-state index contributed by atoms with van der Waals surface area (Å²) in [5, 5.41) is 0.590. The number of hydrogen-bond donors (Lipinski definition) is 0. The Labute approximate surface area is 148 Å². The minimum Gasteiger partial charge on any atom is -0.366 e. The highest BCUT2D eigenvalue weighted by Crippen LogP contribution is 2.35. The van der Waals surface area contributed by atoms with Gasteiger partial charge in [0, 0.05) is 26.7 Å². The Kier molecular flexibility index (Phi) is 5.84. The van der Waals surface area contributed by atoms with Crippen molar-refractivity contribution in [3.8, 4) is 0 Å². The van der Waals surface area contributed by atoms with E-state index in [9.17, 15) is 4.39 Å². The summed E-state index contributed by atoms with van der Waals surface area (Å²) in [6, 6.07) is 8.97. The van der Waals surface area contributed by atoms with Gasteiger partial charge in [-0.1, -0.05) is 17.7 Å². The van der Waals surface area contributed by atoms with Crippen LogP contribution in [0.5, 0.6) is 0 Å². The fourth-order valence-corrected chi connectivity index (χ4v) is 2.55. The molecule has 2 rings (SSSR count). The topological polar surface area (TPSA) is 18.8 Å². The summed E-state index contributed by atoms with van der Waals surface area (Å²) in [7, 11) is 3.74. The second-order valence-corrected chi connectivity index (χ2v) is 6.33. The molecule has 0 saturated heterocycles. The molecule has 0 aromatic heterocycles. The Morgan fingerprint density at radius 3 is 2.50 bits per heavy atom. The number of aryl methyl sites for hydroxylation is 2. The Hall–Kier alpha value is -2.07. The predicted octanol–water partition coefficient (Wildman–Crippen LogP) is 5.48. The molecule has 0 heterocycles. The van der Waals surface area contributed by atoms with Gasteiger partial charge >= 0.3 is 0 Å². The highest BCUT2D eigenvalue weighted by Gasteiger charge is 2.15. The molecule has 0 fully saturated rings. The average Bonchev–Trinajstić information content (AvgIpc) is 2.56. The molecule has 0 unspecified atom stereocenters. The molecule has 0 spiro atoms. The van der Waals surface area contributed by atoms with Crippen molar-refractivity contribution in [1.82, 2.24) is 4.90 Å². The van der Waals surface area contributed by atoms with E-state index in [-0.39, 0.29) is 5.82 Å². The average molecular weight is 348 g/mol. The molecule has 5 heteroatoms. The quantitative estimate of drug-likeness (QED) is 0.527. The van der Waals surface area contributed by atoms with Gasteiger partial charge in [-0.2, -0.15) is 0 Å². The highest BCUT2D eigenvalue weighted by molar-refractivity contribution is 6.33. The second kappa shape index (κ2) is 7.67. The summed E-state index contributed by atoms with van der Waals surface area (Å²) < 4.78 is 14.6. The van der Waals surface area contributed by atoms with E-state index in [0.717, 1.165) is 23.4 Å². The molecule has 0 bridgehead atoms. The summed E-state index contributed by atoms with van der Waals surface area (Å²) >= 11 is 6.27. The van der Waals surface area contributed by atoms with Crippen LogP contribution in [0.25, 0.3) is 0 Å². The standard InChI is InChI=1S/C19H23ClFN3/c1-6-23(4)12-22-17-11-16(21)19(10-14(17)3)24(5)18-9-13(2)7-8-15(18)20/h7-12H,6H2,1-5H3. The van der Waals surface area contributed by atoms with Crippen LogP contribution in [0.15, 0.2) is 35.3 Å². The predicted molar refractivity (Wildman–Crippen MR) is 102 cm³/mol. The van der Waals surface area contributed by atoms with Gasteiger partial charge in [0.1, 0.15) is 5.82 Å². The van der Waals surface area contributed by atoms with Gasteiger partial charge < -0.3 is 9.80 Å². The van der Waals surface area contributed by atoms with E-state index >= 15 is 0 Å². The van der Waals surface area contributed by atoms with E-state index in [1.54, 1.807) is 17.3 Å². The number of aliphatic imine (C=N–C) groups is 1. The van der Waals surface area contributed by atoms with Crippen LogP contribution in [0.2, 0.25) is 5.02 Å². The summed E-state index contributed by atoms with van der Waals surface area (Å²) in [4.78, 5) is 8.06. The molecular formula is C19H23ClFN3. The number of benzene rings is 2. The van der Waals surface area contributed by atoms with Gasteiger partial charge in [0.05, 0.1) is 28.4 Å². The van der Waals surface area contributed by atoms with Crippen molar-refractivity contribution in [3.63, 3.8) is 0 Å². The molecule has 0 aliphatic rings. The molecule has 3 nitrogen and oxygen atoms in total. The fraction of sp³-hybridized carbons (Fsp3) is 0.316. The number of rotatable bonds is 5. The fourth-order valence-electron chi connectivity index (χ4n) is 2.30. The highest BCUT2D eigenvalue weighted by atomic mass is 35.5. The molecule has 2 aromatic carbocycles.